The summed E-state index contributed by atoms with van der Waals surface area (Å²) in [7, 11) is 0. The van der Waals surface area contributed by atoms with Gasteiger partial charge >= 0.3 is 5.97 Å². The van der Waals surface area contributed by atoms with Crippen LogP contribution in [-0.2, 0) is 9.53 Å². The number of ether oxygens (including phenoxy) is 1. The molecule has 1 atom stereocenters. The van der Waals surface area contributed by atoms with Crippen LogP contribution in [-0.4, -0.2) is 19.1 Å². The van der Waals surface area contributed by atoms with E-state index >= 15 is 0 Å². The Hall–Kier alpha value is -0.570. The maximum atomic E-state index is 11.6. The number of rotatable bonds is 5. The average molecular weight is 185 g/mol. The van der Waals surface area contributed by atoms with Crippen molar-refractivity contribution in [2.45, 2.75) is 33.1 Å². The molecule has 0 aromatic heterocycles. The van der Waals surface area contributed by atoms with Crippen LogP contribution >= 0.6 is 0 Å². The van der Waals surface area contributed by atoms with Gasteiger partial charge in [-0.15, -0.1) is 0 Å². The van der Waals surface area contributed by atoms with Gasteiger partial charge in [-0.25, -0.2) is 0 Å². The summed E-state index contributed by atoms with van der Waals surface area (Å²) >= 11 is 0. The number of nitrogens with two attached hydrogens (primary N) is 1. The van der Waals surface area contributed by atoms with Crippen molar-refractivity contribution in [2.75, 3.05) is 13.2 Å². The number of hydrogen-bond acceptors (Lipinski definition) is 3. The summed E-state index contributed by atoms with van der Waals surface area (Å²) in [6.07, 6.45) is 3.16. The number of esters is 1. The Bertz CT molecular complexity index is 183. The van der Waals surface area contributed by atoms with Gasteiger partial charge in [0.25, 0.3) is 0 Å². The normalized spacial score (nSPS) is 20.8. The van der Waals surface area contributed by atoms with Crippen LogP contribution in [0.15, 0.2) is 0 Å². The van der Waals surface area contributed by atoms with Crippen molar-refractivity contribution in [3.8, 4) is 0 Å². The summed E-state index contributed by atoms with van der Waals surface area (Å²) in [5.41, 5.74) is 5.06. The quantitative estimate of drug-likeness (QED) is 0.657. The lowest BCUT2D eigenvalue weighted by Gasteiger charge is -2.23. The van der Waals surface area contributed by atoms with Gasteiger partial charge in [0.1, 0.15) is 0 Å². The highest BCUT2D eigenvalue weighted by Gasteiger charge is 2.33. The Labute approximate surface area is 79.6 Å². The minimum Gasteiger partial charge on any atom is -0.465 e. The molecule has 1 saturated carbocycles. The van der Waals surface area contributed by atoms with E-state index in [1.54, 1.807) is 0 Å². The van der Waals surface area contributed by atoms with Crippen LogP contribution in [0.3, 0.4) is 0 Å². The molecule has 0 amide bonds. The van der Waals surface area contributed by atoms with Crippen molar-refractivity contribution in [1.29, 1.82) is 0 Å². The molecule has 0 radical (unpaired) electrons. The second kappa shape index (κ2) is 4.09. The highest BCUT2D eigenvalue weighted by atomic mass is 16.5. The second-order valence-corrected chi connectivity index (χ2v) is 4.16. The van der Waals surface area contributed by atoms with E-state index < -0.39 is 5.41 Å². The molecule has 1 unspecified atom stereocenters. The number of hydrogen-bond donors (Lipinski definition) is 1. The van der Waals surface area contributed by atoms with E-state index in [0.717, 1.165) is 6.42 Å². The van der Waals surface area contributed by atoms with Gasteiger partial charge in [0.15, 0.2) is 0 Å². The Morgan fingerprint density at radius 2 is 2.23 bits per heavy atom. The lowest BCUT2D eigenvalue weighted by atomic mass is 9.88. The van der Waals surface area contributed by atoms with Crippen molar-refractivity contribution in [3.05, 3.63) is 0 Å². The Morgan fingerprint density at radius 1 is 1.62 bits per heavy atom. The van der Waals surface area contributed by atoms with Gasteiger partial charge in [-0.3, -0.25) is 4.79 Å². The first-order valence-electron chi connectivity index (χ1n) is 4.99. The van der Waals surface area contributed by atoms with Crippen molar-refractivity contribution >= 4 is 5.97 Å². The van der Waals surface area contributed by atoms with Gasteiger partial charge in [-0.1, -0.05) is 6.92 Å². The molecule has 0 saturated heterocycles. The minimum absolute atomic E-state index is 0.135. The van der Waals surface area contributed by atoms with Crippen molar-refractivity contribution in [2.24, 2.45) is 17.1 Å². The fraction of sp³-hybridized carbons (Fsp3) is 0.900. The van der Waals surface area contributed by atoms with Crippen LogP contribution in [0, 0.1) is 11.3 Å². The van der Waals surface area contributed by atoms with Gasteiger partial charge in [-0.05, 0) is 32.1 Å². The third-order valence-electron chi connectivity index (χ3n) is 2.87. The summed E-state index contributed by atoms with van der Waals surface area (Å²) in [4.78, 5) is 11.6. The van der Waals surface area contributed by atoms with Crippen molar-refractivity contribution in [3.63, 3.8) is 0 Å². The molecular formula is C10H19NO2. The zero-order valence-electron chi connectivity index (χ0n) is 8.51. The van der Waals surface area contributed by atoms with E-state index in [4.69, 9.17) is 10.5 Å². The zero-order valence-corrected chi connectivity index (χ0v) is 8.51. The molecule has 3 heteroatoms. The Balaban J connectivity index is 2.33. The second-order valence-electron chi connectivity index (χ2n) is 4.16. The molecule has 2 N–H and O–H groups in total. The monoisotopic (exact) mass is 185 g/mol. The van der Waals surface area contributed by atoms with E-state index in [-0.39, 0.29) is 5.97 Å². The predicted octanol–water partition coefficient (Wildman–Crippen LogP) is 1.31. The average Bonchev–Trinajstić information content (AvgIpc) is 2.96. The minimum atomic E-state index is -0.477. The van der Waals surface area contributed by atoms with Gasteiger partial charge in [0.05, 0.1) is 12.0 Å². The first-order valence-corrected chi connectivity index (χ1v) is 4.99. The van der Waals surface area contributed by atoms with Crippen molar-refractivity contribution < 1.29 is 9.53 Å². The highest BCUT2D eigenvalue weighted by Crippen LogP contribution is 2.30. The largest absolute Gasteiger partial charge is 0.465 e. The lowest BCUT2D eigenvalue weighted by Crippen LogP contribution is -2.37. The molecular weight excluding hydrogens is 166 g/mol. The summed E-state index contributed by atoms with van der Waals surface area (Å²) in [5.74, 6) is 0.493. The molecule has 0 aromatic carbocycles. The fourth-order valence-corrected chi connectivity index (χ4v) is 1.02. The van der Waals surface area contributed by atoms with Gasteiger partial charge < -0.3 is 10.5 Å². The molecule has 1 fully saturated rings. The molecule has 1 aliphatic rings. The van der Waals surface area contributed by atoms with Gasteiger partial charge in [-0.2, -0.15) is 0 Å². The van der Waals surface area contributed by atoms with E-state index in [9.17, 15) is 4.79 Å². The molecule has 0 aliphatic heterocycles. The molecule has 76 valence electrons. The molecule has 0 aromatic rings. The van der Waals surface area contributed by atoms with Crippen LogP contribution in [0.1, 0.15) is 33.1 Å². The SMILES string of the molecule is CCC(C)(CN)C(=O)OCC1CC1. The fourth-order valence-electron chi connectivity index (χ4n) is 1.02. The van der Waals surface area contributed by atoms with Gasteiger partial charge in [0, 0.05) is 6.54 Å². The first kappa shape index (κ1) is 10.5. The van der Waals surface area contributed by atoms with Crippen molar-refractivity contribution in [1.82, 2.24) is 0 Å². The highest BCUT2D eigenvalue weighted by molar-refractivity contribution is 5.76. The third kappa shape index (κ3) is 2.69. The molecule has 1 aliphatic carbocycles. The van der Waals surface area contributed by atoms with E-state index in [1.807, 2.05) is 13.8 Å². The van der Waals surface area contributed by atoms with Crippen LogP contribution < -0.4 is 5.73 Å². The Kier molecular flexibility index (Phi) is 3.31. The molecule has 0 heterocycles. The summed E-state index contributed by atoms with van der Waals surface area (Å²) in [6, 6.07) is 0. The standard InChI is InChI=1S/C10H19NO2/c1-3-10(2,7-11)9(12)13-6-8-4-5-8/h8H,3-7,11H2,1-2H3. The van der Waals surface area contributed by atoms with Crippen LogP contribution in [0.25, 0.3) is 0 Å². The van der Waals surface area contributed by atoms with Gasteiger partial charge in [0.2, 0.25) is 0 Å². The Morgan fingerprint density at radius 3 is 2.62 bits per heavy atom. The maximum absolute atomic E-state index is 11.6. The number of carbonyl (C=O) groups excluding carboxylic acids is 1. The summed E-state index contributed by atoms with van der Waals surface area (Å²) in [6.45, 7) is 4.79. The third-order valence-corrected chi connectivity index (χ3v) is 2.87. The number of carbonyl (C=O) groups is 1. The van der Waals surface area contributed by atoms with E-state index in [2.05, 4.69) is 0 Å². The van der Waals surface area contributed by atoms with Crippen LogP contribution in [0.4, 0.5) is 0 Å². The van der Waals surface area contributed by atoms with Crippen LogP contribution in [0.5, 0.6) is 0 Å². The molecule has 0 spiro atoms. The predicted molar refractivity (Wildman–Crippen MR) is 51.1 cm³/mol. The topological polar surface area (TPSA) is 52.3 Å². The van der Waals surface area contributed by atoms with E-state index in [0.29, 0.717) is 19.1 Å². The van der Waals surface area contributed by atoms with E-state index in [1.165, 1.54) is 12.8 Å². The van der Waals surface area contributed by atoms with Crippen LogP contribution in [0.2, 0.25) is 0 Å². The summed E-state index contributed by atoms with van der Waals surface area (Å²) in [5, 5.41) is 0. The molecule has 13 heavy (non-hydrogen) atoms. The first-order chi connectivity index (χ1) is 6.12. The molecule has 0 bridgehead atoms. The molecule has 3 nitrogen and oxygen atoms in total. The summed E-state index contributed by atoms with van der Waals surface area (Å²) < 4.78 is 5.19. The maximum Gasteiger partial charge on any atom is 0.313 e. The zero-order chi connectivity index (χ0) is 9.90. The molecule has 1 rings (SSSR count). The lowest BCUT2D eigenvalue weighted by molar-refractivity contribution is -0.155. The smallest absolute Gasteiger partial charge is 0.313 e.